The van der Waals surface area contributed by atoms with Crippen LogP contribution in [0.15, 0.2) is 201 Å². The van der Waals surface area contributed by atoms with Crippen LogP contribution in [-0.2, 0) is 11.5 Å². The molecule has 56 heavy (non-hydrogen) atoms. The number of benzene rings is 4. The molecule has 9 rings (SSSR count). The van der Waals surface area contributed by atoms with Crippen molar-refractivity contribution in [3.63, 3.8) is 0 Å². The van der Waals surface area contributed by atoms with Gasteiger partial charge in [0.1, 0.15) is 10.8 Å². The number of hydrogen-bond acceptors (Lipinski definition) is 8. The molecule has 0 radical (unpaired) electrons. The lowest BCUT2D eigenvalue weighted by Gasteiger charge is -2.13. The summed E-state index contributed by atoms with van der Waals surface area (Å²) in [4.78, 5) is 21.4. The van der Waals surface area contributed by atoms with Crippen molar-refractivity contribution in [3.8, 4) is 10.8 Å². The van der Waals surface area contributed by atoms with Gasteiger partial charge in [0, 0.05) is 33.8 Å². The van der Waals surface area contributed by atoms with Crippen molar-refractivity contribution in [2.45, 2.75) is 11.5 Å². The molecule has 0 aromatic heterocycles. The Kier molecular flexibility index (Phi) is 9.65. The standard InChI is InChI=1S/C48H30N6S2/c49-29-55-27-31-9-7-15-35(25-31)47-41-21-17-37(51-41)45(33-11-3-1-4-12-33)38-18-22-42(52-38)48(36-16-8-10-32(26-36)28-56-30-50)44-24-20-40(54-44)46(34-13-5-2-6-14-34)39-19-23-43(47)53-39/h1-26H,27-28H2. The summed E-state index contributed by atoms with van der Waals surface area (Å²) in [6.07, 6.45) is 16.5. The van der Waals surface area contributed by atoms with Crippen LogP contribution < -0.4 is 0 Å². The SMILES string of the molecule is N#CSCc1cccc(C2=C3C=CC(=N3)C(c3ccccc3)=C3C=CC(=N3)C(c3cccc(CSC#N)c3)=C3C=CC(=N3)C(c3ccccc3)=C3C=CC2=N3)c1. The first-order valence-corrected chi connectivity index (χ1v) is 20.0. The van der Waals surface area contributed by atoms with Gasteiger partial charge in [-0.2, -0.15) is 10.5 Å². The van der Waals surface area contributed by atoms with E-state index in [1.165, 1.54) is 23.5 Å². The van der Waals surface area contributed by atoms with Crippen molar-refractivity contribution in [3.05, 3.63) is 214 Å². The van der Waals surface area contributed by atoms with Crippen molar-refractivity contribution < 1.29 is 0 Å². The van der Waals surface area contributed by atoms with Crippen molar-refractivity contribution >= 4 is 68.7 Å². The number of nitriles is 2. The summed E-state index contributed by atoms with van der Waals surface area (Å²) in [6.45, 7) is 0. The van der Waals surface area contributed by atoms with Crippen LogP contribution in [0.25, 0.3) is 22.3 Å². The van der Waals surface area contributed by atoms with Crippen molar-refractivity contribution in [1.82, 2.24) is 0 Å². The maximum absolute atomic E-state index is 9.31. The fourth-order valence-electron chi connectivity index (χ4n) is 7.34. The first kappa shape index (κ1) is 34.9. The molecule has 0 aliphatic carbocycles. The third-order valence-electron chi connectivity index (χ3n) is 9.77. The fraction of sp³-hybridized carbons (Fsp3) is 0.0417. The van der Waals surface area contributed by atoms with Gasteiger partial charge in [0.2, 0.25) is 0 Å². The highest BCUT2D eigenvalue weighted by atomic mass is 32.2. The summed E-state index contributed by atoms with van der Waals surface area (Å²) in [5.41, 5.74) is 16.0. The van der Waals surface area contributed by atoms with Gasteiger partial charge in [-0.25, -0.2) is 20.0 Å². The second-order valence-electron chi connectivity index (χ2n) is 13.3. The first-order valence-electron chi connectivity index (χ1n) is 18.0. The van der Waals surface area contributed by atoms with Gasteiger partial charge in [-0.3, -0.25) is 0 Å². The number of aliphatic imine (C=N–C) groups is 4. The summed E-state index contributed by atoms with van der Waals surface area (Å²) in [6, 6.07) is 37.1. The van der Waals surface area contributed by atoms with Crippen LogP contribution in [0, 0.1) is 21.3 Å². The molecule has 4 aromatic rings. The molecule has 8 bridgehead atoms. The van der Waals surface area contributed by atoms with Crippen LogP contribution in [0.1, 0.15) is 33.4 Å². The summed E-state index contributed by atoms with van der Waals surface area (Å²) in [5.74, 6) is 1.15. The van der Waals surface area contributed by atoms with E-state index >= 15 is 0 Å². The molecule has 5 heterocycles. The van der Waals surface area contributed by atoms with Crippen LogP contribution in [0.2, 0.25) is 0 Å². The van der Waals surface area contributed by atoms with Crippen LogP contribution >= 0.6 is 23.5 Å². The number of hydrogen-bond donors (Lipinski definition) is 0. The second kappa shape index (κ2) is 15.5. The largest absolute Gasteiger partial charge is 0.248 e. The molecular formula is C48H30N6S2. The van der Waals surface area contributed by atoms with Crippen LogP contribution in [0.5, 0.6) is 0 Å². The molecule has 4 aromatic carbocycles. The highest BCUT2D eigenvalue weighted by Gasteiger charge is 2.27. The summed E-state index contributed by atoms with van der Waals surface area (Å²) in [7, 11) is 0. The third-order valence-corrected chi connectivity index (χ3v) is 11.0. The zero-order chi connectivity index (χ0) is 37.8. The van der Waals surface area contributed by atoms with Crippen molar-refractivity contribution in [1.29, 1.82) is 10.5 Å². The Bertz CT molecular complexity index is 2600. The van der Waals surface area contributed by atoms with Gasteiger partial charge in [-0.1, -0.05) is 109 Å². The van der Waals surface area contributed by atoms with Gasteiger partial charge < -0.3 is 0 Å². The molecule has 5 aliphatic rings. The first-order chi connectivity index (χ1) is 27.7. The molecule has 6 nitrogen and oxygen atoms in total. The molecule has 264 valence electrons. The lowest BCUT2D eigenvalue weighted by atomic mass is 9.97. The van der Waals surface area contributed by atoms with Crippen LogP contribution in [-0.4, -0.2) is 22.8 Å². The van der Waals surface area contributed by atoms with Gasteiger partial charge in [-0.05, 0) is 106 Å². The maximum Gasteiger partial charge on any atom is 0.133 e. The average Bonchev–Trinajstić information content (AvgIpc) is 4.09. The smallest absolute Gasteiger partial charge is 0.133 e. The van der Waals surface area contributed by atoms with E-state index in [4.69, 9.17) is 20.0 Å². The Morgan fingerprint density at radius 2 is 0.696 bits per heavy atom. The molecule has 0 spiro atoms. The van der Waals surface area contributed by atoms with E-state index < -0.39 is 0 Å². The monoisotopic (exact) mass is 754 g/mol. The van der Waals surface area contributed by atoms with Gasteiger partial charge in [-0.15, -0.1) is 0 Å². The third kappa shape index (κ3) is 6.85. The molecule has 0 N–H and O–H groups in total. The molecule has 8 heteroatoms. The number of rotatable bonds is 8. The highest BCUT2D eigenvalue weighted by molar-refractivity contribution is 8.03. The Morgan fingerprint density at radius 3 is 1.04 bits per heavy atom. The number of thioether (sulfide) groups is 2. The number of allylic oxidation sites excluding steroid dienone is 12. The molecule has 0 fully saturated rings. The van der Waals surface area contributed by atoms with E-state index in [-0.39, 0.29) is 0 Å². The van der Waals surface area contributed by atoms with E-state index in [2.05, 4.69) is 108 Å². The molecule has 0 atom stereocenters. The predicted molar refractivity (Wildman–Crippen MR) is 234 cm³/mol. The van der Waals surface area contributed by atoms with Gasteiger partial charge in [0.25, 0.3) is 0 Å². The van der Waals surface area contributed by atoms with Crippen LogP contribution in [0.4, 0.5) is 0 Å². The number of thiocyanates is 2. The topological polar surface area (TPSA) is 97.0 Å². The minimum absolute atomic E-state index is 0.576. The molecule has 5 aliphatic heterocycles. The minimum atomic E-state index is 0.576. The lowest BCUT2D eigenvalue weighted by Crippen LogP contribution is -2.04. The van der Waals surface area contributed by atoms with Gasteiger partial charge in [0.15, 0.2) is 0 Å². The normalized spacial score (nSPS) is 16.7. The zero-order valence-corrected chi connectivity index (χ0v) is 31.6. The molecule has 0 amide bonds. The Morgan fingerprint density at radius 1 is 0.375 bits per heavy atom. The minimum Gasteiger partial charge on any atom is -0.248 e. The highest BCUT2D eigenvalue weighted by Crippen LogP contribution is 2.39. The zero-order valence-electron chi connectivity index (χ0n) is 29.9. The lowest BCUT2D eigenvalue weighted by molar-refractivity contribution is 1.38. The van der Waals surface area contributed by atoms with Gasteiger partial charge >= 0.3 is 0 Å². The maximum atomic E-state index is 9.31. The predicted octanol–water partition coefficient (Wildman–Crippen LogP) is 11.1. The summed E-state index contributed by atoms with van der Waals surface area (Å²) >= 11 is 2.44. The molecule has 0 saturated carbocycles. The Labute approximate surface area is 333 Å². The molecule has 0 saturated heterocycles. The van der Waals surface area contributed by atoms with Crippen molar-refractivity contribution in [2.75, 3.05) is 0 Å². The molecular weight excluding hydrogens is 725 g/mol. The Hall–Kier alpha value is -6.84. The summed E-state index contributed by atoms with van der Waals surface area (Å²) < 4.78 is 0. The Balaban J connectivity index is 1.33. The van der Waals surface area contributed by atoms with E-state index in [9.17, 15) is 10.5 Å². The van der Waals surface area contributed by atoms with E-state index in [0.717, 1.165) is 101 Å². The summed E-state index contributed by atoms with van der Waals surface area (Å²) in [5, 5.41) is 23.0. The van der Waals surface area contributed by atoms with E-state index in [1.807, 2.05) is 60.7 Å². The number of nitrogens with zero attached hydrogens (tertiary/aromatic N) is 6. The fourth-order valence-corrected chi connectivity index (χ4v) is 8.17. The second-order valence-corrected chi connectivity index (χ2v) is 14.8. The van der Waals surface area contributed by atoms with Crippen molar-refractivity contribution in [2.24, 2.45) is 20.0 Å². The van der Waals surface area contributed by atoms with Gasteiger partial charge in [0.05, 0.1) is 45.6 Å². The van der Waals surface area contributed by atoms with Crippen LogP contribution in [0.3, 0.4) is 0 Å². The molecule has 0 unspecified atom stereocenters. The average molecular weight is 755 g/mol. The van der Waals surface area contributed by atoms with E-state index in [0.29, 0.717) is 11.5 Å². The number of fused-ring (bicyclic) bond motifs is 4. The quantitative estimate of drug-likeness (QED) is 0.167. The van der Waals surface area contributed by atoms with E-state index in [1.54, 1.807) is 0 Å².